The van der Waals surface area contributed by atoms with Crippen molar-refractivity contribution in [3.05, 3.63) is 36.0 Å². The summed E-state index contributed by atoms with van der Waals surface area (Å²) in [7, 11) is 1.81. The summed E-state index contributed by atoms with van der Waals surface area (Å²) in [5, 5.41) is 7.19. The fraction of sp³-hybridized carbons (Fsp3) is 0.556. The summed E-state index contributed by atoms with van der Waals surface area (Å²) >= 11 is 0. The second-order valence-corrected chi connectivity index (χ2v) is 7.09. The number of hydrogen-bond acceptors (Lipinski definition) is 5. The molecular formula is C18H24N6O. The first kappa shape index (κ1) is 16.1. The maximum atomic E-state index is 12.4. The van der Waals surface area contributed by atoms with Crippen LogP contribution in [0.3, 0.4) is 0 Å². The number of piperidine rings is 1. The van der Waals surface area contributed by atoms with Gasteiger partial charge in [0.15, 0.2) is 0 Å². The Morgan fingerprint density at radius 1 is 1.24 bits per heavy atom. The number of hydrogen-bond donors (Lipinski definition) is 1. The Labute approximate surface area is 147 Å². The summed E-state index contributed by atoms with van der Waals surface area (Å²) in [5.74, 6) is 1.53. The zero-order chi connectivity index (χ0) is 17.2. The third-order valence-corrected chi connectivity index (χ3v) is 5.24. The smallest absolute Gasteiger partial charge is 0.254 e. The van der Waals surface area contributed by atoms with Gasteiger partial charge in [-0.2, -0.15) is 5.10 Å². The van der Waals surface area contributed by atoms with E-state index in [0.29, 0.717) is 11.5 Å². The van der Waals surface area contributed by atoms with Gasteiger partial charge in [0.25, 0.3) is 5.91 Å². The quantitative estimate of drug-likeness (QED) is 0.920. The van der Waals surface area contributed by atoms with Crippen LogP contribution in [0.5, 0.6) is 0 Å². The molecule has 7 nitrogen and oxygen atoms in total. The second kappa shape index (κ2) is 6.82. The van der Waals surface area contributed by atoms with E-state index in [1.54, 1.807) is 23.4 Å². The van der Waals surface area contributed by atoms with Crippen LogP contribution in [0, 0.1) is 0 Å². The Bertz CT molecular complexity index is 754. The van der Waals surface area contributed by atoms with E-state index in [1.165, 1.54) is 19.3 Å². The molecule has 2 aromatic rings. The zero-order valence-electron chi connectivity index (χ0n) is 14.6. The summed E-state index contributed by atoms with van der Waals surface area (Å²) in [4.78, 5) is 23.5. The van der Waals surface area contributed by atoms with E-state index in [1.807, 2.05) is 7.05 Å². The Balaban J connectivity index is 1.41. The molecule has 2 aromatic heterocycles. The van der Waals surface area contributed by atoms with Gasteiger partial charge in [-0.25, -0.2) is 9.97 Å². The van der Waals surface area contributed by atoms with Crippen molar-refractivity contribution in [2.24, 2.45) is 7.05 Å². The van der Waals surface area contributed by atoms with E-state index >= 15 is 0 Å². The third kappa shape index (κ3) is 3.50. The van der Waals surface area contributed by atoms with Gasteiger partial charge in [-0.3, -0.25) is 9.48 Å². The van der Waals surface area contributed by atoms with Crippen LogP contribution < -0.4 is 10.2 Å². The molecule has 0 bridgehead atoms. The van der Waals surface area contributed by atoms with Crippen LogP contribution in [0.2, 0.25) is 0 Å². The number of rotatable bonds is 4. The summed E-state index contributed by atoms with van der Waals surface area (Å²) in [6.45, 7) is 1.76. The Kier molecular flexibility index (Phi) is 4.38. The molecular weight excluding hydrogens is 316 g/mol. The molecule has 2 fully saturated rings. The fourth-order valence-corrected chi connectivity index (χ4v) is 3.57. The van der Waals surface area contributed by atoms with Gasteiger partial charge in [-0.1, -0.05) is 6.42 Å². The van der Waals surface area contributed by atoms with Gasteiger partial charge in [-0.15, -0.1) is 0 Å². The van der Waals surface area contributed by atoms with E-state index in [2.05, 4.69) is 31.3 Å². The number of nitrogens with zero attached hydrogens (tertiary/aromatic N) is 5. The van der Waals surface area contributed by atoms with Crippen molar-refractivity contribution in [1.29, 1.82) is 0 Å². The van der Waals surface area contributed by atoms with Crippen molar-refractivity contribution in [2.45, 2.75) is 44.1 Å². The van der Waals surface area contributed by atoms with Crippen LogP contribution in [0.1, 0.15) is 54.1 Å². The Hall–Kier alpha value is -2.44. The van der Waals surface area contributed by atoms with Crippen molar-refractivity contribution in [3.8, 4) is 0 Å². The van der Waals surface area contributed by atoms with Crippen LogP contribution in [0.4, 0.5) is 5.82 Å². The van der Waals surface area contributed by atoms with Gasteiger partial charge in [-0.05, 0) is 25.7 Å². The molecule has 1 saturated carbocycles. The van der Waals surface area contributed by atoms with Gasteiger partial charge >= 0.3 is 0 Å². The van der Waals surface area contributed by atoms with Crippen LogP contribution in [0.25, 0.3) is 0 Å². The molecule has 2 aliphatic rings. The molecule has 1 atom stereocenters. The number of carbonyl (C=O) groups is 1. The summed E-state index contributed by atoms with van der Waals surface area (Å²) < 4.78 is 1.64. The number of aromatic nitrogens is 4. The Morgan fingerprint density at radius 3 is 2.84 bits per heavy atom. The molecule has 25 heavy (non-hydrogen) atoms. The van der Waals surface area contributed by atoms with Crippen LogP contribution in [-0.4, -0.2) is 44.8 Å². The average molecular weight is 340 g/mol. The average Bonchev–Trinajstić information content (AvgIpc) is 3.01. The van der Waals surface area contributed by atoms with Crippen molar-refractivity contribution in [1.82, 2.24) is 25.1 Å². The predicted octanol–water partition coefficient (Wildman–Crippen LogP) is 1.88. The molecule has 7 heteroatoms. The maximum absolute atomic E-state index is 12.4. The number of nitrogens with one attached hydrogen (secondary N) is 1. The van der Waals surface area contributed by atoms with E-state index < -0.39 is 0 Å². The molecule has 0 spiro atoms. The maximum Gasteiger partial charge on any atom is 0.254 e. The van der Waals surface area contributed by atoms with Gasteiger partial charge < -0.3 is 10.2 Å². The molecule has 0 radical (unpaired) electrons. The van der Waals surface area contributed by atoms with E-state index in [9.17, 15) is 4.79 Å². The minimum absolute atomic E-state index is 0.0576. The van der Waals surface area contributed by atoms with Gasteiger partial charge in [0, 0.05) is 50.1 Å². The highest BCUT2D eigenvalue weighted by Gasteiger charge is 2.25. The van der Waals surface area contributed by atoms with Crippen molar-refractivity contribution >= 4 is 11.7 Å². The van der Waals surface area contributed by atoms with Crippen LogP contribution >= 0.6 is 0 Å². The van der Waals surface area contributed by atoms with Gasteiger partial charge in [0.2, 0.25) is 0 Å². The van der Waals surface area contributed by atoms with Crippen molar-refractivity contribution in [3.63, 3.8) is 0 Å². The van der Waals surface area contributed by atoms with E-state index in [4.69, 9.17) is 0 Å². The molecule has 1 N–H and O–H groups in total. The van der Waals surface area contributed by atoms with Gasteiger partial charge in [0.05, 0.1) is 11.8 Å². The summed E-state index contributed by atoms with van der Waals surface area (Å²) in [6, 6.07) is 2.26. The highest BCUT2D eigenvalue weighted by molar-refractivity contribution is 5.93. The lowest BCUT2D eigenvalue weighted by atomic mass is 9.83. The van der Waals surface area contributed by atoms with E-state index in [0.717, 1.165) is 37.4 Å². The number of amides is 1. The van der Waals surface area contributed by atoms with Gasteiger partial charge in [0.1, 0.15) is 12.1 Å². The number of aryl methyl sites for hydroxylation is 1. The second-order valence-electron chi connectivity index (χ2n) is 7.09. The molecule has 1 saturated heterocycles. The minimum Gasteiger partial charge on any atom is -0.354 e. The topological polar surface area (TPSA) is 75.9 Å². The molecule has 1 amide bonds. The van der Waals surface area contributed by atoms with Crippen LogP contribution in [-0.2, 0) is 7.05 Å². The molecule has 0 aromatic carbocycles. The molecule has 132 valence electrons. The highest BCUT2D eigenvalue weighted by Crippen LogP contribution is 2.36. The third-order valence-electron chi connectivity index (χ3n) is 5.24. The highest BCUT2D eigenvalue weighted by atomic mass is 16.1. The molecule has 1 unspecified atom stereocenters. The lowest BCUT2D eigenvalue weighted by Gasteiger charge is -2.34. The number of carbonyl (C=O) groups excluding carboxylic acids is 1. The lowest BCUT2D eigenvalue weighted by Crippen LogP contribution is -2.48. The first-order valence-corrected chi connectivity index (χ1v) is 9.05. The standard InChI is InChI=1S/C18H24N6O/c1-23-10-14(9-21-23)18(25)22-15-6-3-7-24(11-15)17-8-16(19-12-20-17)13-4-2-5-13/h8-10,12-13,15H,2-7,11H2,1H3,(H,22,25). The fourth-order valence-electron chi connectivity index (χ4n) is 3.57. The summed E-state index contributed by atoms with van der Waals surface area (Å²) in [6.07, 6.45) is 10.8. The summed E-state index contributed by atoms with van der Waals surface area (Å²) in [5.41, 5.74) is 1.77. The molecule has 1 aliphatic heterocycles. The first-order chi connectivity index (χ1) is 12.2. The monoisotopic (exact) mass is 340 g/mol. The molecule has 1 aliphatic carbocycles. The SMILES string of the molecule is Cn1cc(C(=O)NC2CCCN(c3cc(C4CCC4)ncn3)C2)cn1. The largest absolute Gasteiger partial charge is 0.354 e. The van der Waals surface area contributed by atoms with Crippen molar-refractivity contribution < 1.29 is 4.79 Å². The first-order valence-electron chi connectivity index (χ1n) is 9.05. The van der Waals surface area contributed by atoms with Crippen molar-refractivity contribution in [2.75, 3.05) is 18.0 Å². The normalized spacial score (nSPS) is 21.0. The molecule has 3 heterocycles. The Morgan fingerprint density at radius 2 is 2.12 bits per heavy atom. The lowest BCUT2D eigenvalue weighted by molar-refractivity contribution is 0.0933. The molecule has 4 rings (SSSR count). The van der Waals surface area contributed by atoms with E-state index in [-0.39, 0.29) is 11.9 Å². The number of anilines is 1. The zero-order valence-corrected chi connectivity index (χ0v) is 14.6. The predicted molar refractivity (Wildman–Crippen MR) is 94.5 cm³/mol. The van der Waals surface area contributed by atoms with Crippen LogP contribution in [0.15, 0.2) is 24.8 Å². The minimum atomic E-state index is -0.0576.